The molecule has 0 atom stereocenters. The standard InChI is InChI=1S/C7H12N4O.ClH/c1-6-9-10-7(12-6)11-4-2-8-3-5-11;/h8H,2-5H2,1H3;1H. The minimum Gasteiger partial charge on any atom is -0.408 e. The first-order valence-electron chi connectivity index (χ1n) is 4.12. The Labute approximate surface area is 82.9 Å². The van der Waals surface area contributed by atoms with Gasteiger partial charge in [0.05, 0.1) is 0 Å². The number of hydrogen-bond acceptors (Lipinski definition) is 5. The first-order chi connectivity index (χ1) is 5.86. The van der Waals surface area contributed by atoms with E-state index in [-0.39, 0.29) is 12.4 Å². The molecule has 0 spiro atoms. The van der Waals surface area contributed by atoms with Gasteiger partial charge in [-0.05, 0) is 0 Å². The summed E-state index contributed by atoms with van der Waals surface area (Å²) >= 11 is 0. The molecule has 0 bridgehead atoms. The average Bonchev–Trinajstić information content (AvgIpc) is 2.54. The van der Waals surface area contributed by atoms with Crippen molar-refractivity contribution >= 4 is 18.4 Å². The molecule has 1 aromatic heterocycles. The van der Waals surface area contributed by atoms with Crippen LogP contribution in [0.5, 0.6) is 0 Å². The van der Waals surface area contributed by atoms with Crippen molar-refractivity contribution in [2.45, 2.75) is 6.92 Å². The molecule has 0 radical (unpaired) electrons. The van der Waals surface area contributed by atoms with Crippen LogP contribution in [0.3, 0.4) is 0 Å². The van der Waals surface area contributed by atoms with Gasteiger partial charge >= 0.3 is 6.01 Å². The molecule has 13 heavy (non-hydrogen) atoms. The van der Waals surface area contributed by atoms with Crippen molar-refractivity contribution in [3.05, 3.63) is 5.89 Å². The molecular formula is C7H13ClN4O. The molecule has 1 fully saturated rings. The first kappa shape index (κ1) is 10.3. The zero-order valence-corrected chi connectivity index (χ0v) is 8.30. The molecule has 5 nitrogen and oxygen atoms in total. The molecule has 0 aromatic carbocycles. The second-order valence-electron chi connectivity index (χ2n) is 2.84. The topological polar surface area (TPSA) is 54.2 Å². The fourth-order valence-corrected chi connectivity index (χ4v) is 1.27. The molecule has 2 rings (SSSR count). The molecule has 6 heteroatoms. The second kappa shape index (κ2) is 4.43. The molecule has 0 unspecified atom stereocenters. The van der Waals surface area contributed by atoms with Gasteiger partial charge in [0.2, 0.25) is 5.89 Å². The van der Waals surface area contributed by atoms with E-state index >= 15 is 0 Å². The molecule has 1 N–H and O–H groups in total. The number of halogens is 1. The number of aromatic nitrogens is 2. The van der Waals surface area contributed by atoms with Crippen LogP contribution < -0.4 is 10.2 Å². The molecule has 1 saturated heterocycles. The van der Waals surface area contributed by atoms with Crippen molar-refractivity contribution in [3.63, 3.8) is 0 Å². The van der Waals surface area contributed by atoms with E-state index < -0.39 is 0 Å². The van der Waals surface area contributed by atoms with Gasteiger partial charge in [0.25, 0.3) is 0 Å². The van der Waals surface area contributed by atoms with E-state index in [0.717, 1.165) is 26.2 Å². The normalized spacial score (nSPS) is 16.8. The number of hydrogen-bond donors (Lipinski definition) is 1. The highest BCUT2D eigenvalue weighted by molar-refractivity contribution is 5.85. The lowest BCUT2D eigenvalue weighted by Crippen LogP contribution is -2.43. The molecular weight excluding hydrogens is 192 g/mol. The Bertz CT molecular complexity index is 259. The second-order valence-corrected chi connectivity index (χ2v) is 2.84. The predicted molar refractivity (Wildman–Crippen MR) is 51.4 cm³/mol. The minimum atomic E-state index is 0. The van der Waals surface area contributed by atoms with Crippen LogP contribution in [0.2, 0.25) is 0 Å². The Morgan fingerprint density at radius 1 is 1.31 bits per heavy atom. The Morgan fingerprint density at radius 3 is 2.54 bits per heavy atom. The van der Waals surface area contributed by atoms with E-state index in [1.54, 1.807) is 6.92 Å². The van der Waals surface area contributed by atoms with Crippen molar-refractivity contribution in [3.8, 4) is 0 Å². The fourth-order valence-electron chi connectivity index (χ4n) is 1.27. The lowest BCUT2D eigenvalue weighted by Gasteiger charge is -2.24. The molecule has 0 aliphatic carbocycles. The fraction of sp³-hybridized carbons (Fsp3) is 0.714. The maximum absolute atomic E-state index is 5.30. The van der Waals surface area contributed by atoms with Gasteiger partial charge in [-0.2, -0.15) is 0 Å². The van der Waals surface area contributed by atoms with Gasteiger partial charge in [-0.25, -0.2) is 0 Å². The third kappa shape index (κ3) is 2.32. The third-order valence-corrected chi connectivity index (χ3v) is 1.90. The van der Waals surface area contributed by atoms with Crippen LogP contribution in [-0.4, -0.2) is 36.4 Å². The van der Waals surface area contributed by atoms with E-state index in [9.17, 15) is 0 Å². The van der Waals surface area contributed by atoms with Crippen molar-refractivity contribution in [2.75, 3.05) is 31.1 Å². The first-order valence-corrected chi connectivity index (χ1v) is 4.12. The van der Waals surface area contributed by atoms with Crippen molar-refractivity contribution < 1.29 is 4.42 Å². The number of nitrogens with one attached hydrogen (secondary N) is 1. The highest BCUT2D eigenvalue weighted by atomic mass is 35.5. The highest BCUT2D eigenvalue weighted by Gasteiger charge is 2.14. The maximum atomic E-state index is 5.30. The highest BCUT2D eigenvalue weighted by Crippen LogP contribution is 2.11. The Kier molecular flexibility index (Phi) is 3.50. The van der Waals surface area contributed by atoms with Crippen LogP contribution in [-0.2, 0) is 0 Å². The Balaban J connectivity index is 0.000000845. The SMILES string of the molecule is Cc1nnc(N2CCNCC2)o1.Cl. The summed E-state index contributed by atoms with van der Waals surface area (Å²) in [5, 5.41) is 11.0. The summed E-state index contributed by atoms with van der Waals surface area (Å²) in [6, 6.07) is 0.647. The van der Waals surface area contributed by atoms with Gasteiger partial charge in [-0.3, -0.25) is 0 Å². The monoisotopic (exact) mass is 204 g/mol. The predicted octanol–water partition coefficient (Wildman–Crippen LogP) is 0.209. The van der Waals surface area contributed by atoms with E-state index in [2.05, 4.69) is 20.4 Å². The van der Waals surface area contributed by atoms with E-state index in [4.69, 9.17) is 4.42 Å². The van der Waals surface area contributed by atoms with Crippen molar-refractivity contribution in [2.24, 2.45) is 0 Å². The zero-order chi connectivity index (χ0) is 8.39. The van der Waals surface area contributed by atoms with E-state index in [0.29, 0.717) is 11.9 Å². The van der Waals surface area contributed by atoms with Crippen LogP contribution in [0.25, 0.3) is 0 Å². The summed E-state index contributed by atoms with van der Waals surface area (Å²) in [5.41, 5.74) is 0. The Morgan fingerprint density at radius 2 is 2.00 bits per heavy atom. The van der Waals surface area contributed by atoms with Gasteiger partial charge in [-0.15, -0.1) is 17.5 Å². The maximum Gasteiger partial charge on any atom is 0.318 e. The Hall–Kier alpha value is -0.810. The molecule has 74 valence electrons. The van der Waals surface area contributed by atoms with Gasteiger partial charge in [0, 0.05) is 33.1 Å². The average molecular weight is 205 g/mol. The van der Waals surface area contributed by atoms with Gasteiger partial charge in [-0.1, -0.05) is 5.10 Å². The van der Waals surface area contributed by atoms with Gasteiger partial charge < -0.3 is 14.6 Å². The van der Waals surface area contributed by atoms with Crippen molar-refractivity contribution in [1.82, 2.24) is 15.5 Å². The van der Waals surface area contributed by atoms with Crippen LogP contribution in [0.1, 0.15) is 5.89 Å². The van der Waals surface area contributed by atoms with Gasteiger partial charge in [0.15, 0.2) is 0 Å². The van der Waals surface area contributed by atoms with Gasteiger partial charge in [0.1, 0.15) is 0 Å². The van der Waals surface area contributed by atoms with E-state index in [1.807, 2.05) is 0 Å². The van der Waals surface area contributed by atoms with Crippen molar-refractivity contribution in [1.29, 1.82) is 0 Å². The number of anilines is 1. The number of piperazine rings is 1. The van der Waals surface area contributed by atoms with Crippen LogP contribution in [0.4, 0.5) is 6.01 Å². The van der Waals surface area contributed by atoms with Crippen LogP contribution >= 0.6 is 12.4 Å². The molecule has 0 amide bonds. The smallest absolute Gasteiger partial charge is 0.318 e. The van der Waals surface area contributed by atoms with Crippen LogP contribution in [0.15, 0.2) is 4.42 Å². The summed E-state index contributed by atoms with van der Waals surface area (Å²) < 4.78 is 5.30. The lowest BCUT2D eigenvalue weighted by molar-refractivity contribution is 0.480. The number of aryl methyl sites for hydroxylation is 1. The summed E-state index contributed by atoms with van der Waals surface area (Å²) in [6.07, 6.45) is 0. The quantitative estimate of drug-likeness (QED) is 0.709. The molecule has 1 aliphatic rings. The minimum absolute atomic E-state index is 0. The summed E-state index contributed by atoms with van der Waals surface area (Å²) in [5.74, 6) is 0.628. The largest absolute Gasteiger partial charge is 0.408 e. The summed E-state index contributed by atoms with van der Waals surface area (Å²) in [7, 11) is 0. The number of rotatable bonds is 1. The summed E-state index contributed by atoms with van der Waals surface area (Å²) in [6.45, 7) is 5.67. The lowest BCUT2D eigenvalue weighted by atomic mass is 10.4. The molecule has 0 saturated carbocycles. The molecule has 1 aromatic rings. The molecule has 2 heterocycles. The number of nitrogens with zero attached hydrogens (tertiary/aromatic N) is 3. The summed E-state index contributed by atoms with van der Waals surface area (Å²) in [4.78, 5) is 2.09. The molecule has 1 aliphatic heterocycles. The zero-order valence-electron chi connectivity index (χ0n) is 7.49. The van der Waals surface area contributed by atoms with Crippen LogP contribution in [0, 0.1) is 6.92 Å². The van der Waals surface area contributed by atoms with E-state index in [1.165, 1.54) is 0 Å². The third-order valence-electron chi connectivity index (χ3n) is 1.90.